The second-order valence-corrected chi connectivity index (χ2v) is 6.80. The summed E-state index contributed by atoms with van der Waals surface area (Å²) < 4.78 is 0. The van der Waals surface area contributed by atoms with Gasteiger partial charge >= 0.3 is 0 Å². The molecule has 3 nitrogen and oxygen atoms in total. The molecule has 23 heavy (non-hydrogen) atoms. The van der Waals surface area contributed by atoms with Gasteiger partial charge in [0.1, 0.15) is 0 Å². The third-order valence-corrected chi connectivity index (χ3v) is 3.56. The summed E-state index contributed by atoms with van der Waals surface area (Å²) in [5.41, 5.74) is 2.50. The molecule has 3 N–H and O–H groups in total. The molecule has 0 aromatic heterocycles. The average Bonchev–Trinajstić information content (AvgIpc) is 2.36. The average molecular weight is 322 g/mol. The van der Waals surface area contributed by atoms with Crippen molar-refractivity contribution in [1.82, 2.24) is 0 Å². The van der Waals surface area contributed by atoms with Crippen LogP contribution in [0.2, 0.25) is 0 Å². The summed E-state index contributed by atoms with van der Waals surface area (Å²) in [5, 5.41) is 29.0. The molecule has 0 aliphatic rings. The maximum Gasteiger partial charge on any atom is 0.0802 e. The smallest absolute Gasteiger partial charge is 0.0802 e. The highest BCUT2D eigenvalue weighted by Crippen LogP contribution is 2.17. The minimum Gasteiger partial charge on any atom is -0.392 e. The van der Waals surface area contributed by atoms with Crippen LogP contribution in [0.1, 0.15) is 60.3 Å². The van der Waals surface area contributed by atoms with E-state index in [2.05, 4.69) is 6.08 Å². The van der Waals surface area contributed by atoms with E-state index in [4.69, 9.17) is 5.11 Å². The van der Waals surface area contributed by atoms with Gasteiger partial charge in [0.2, 0.25) is 0 Å². The summed E-state index contributed by atoms with van der Waals surface area (Å²) in [6, 6.07) is 0. The Balaban J connectivity index is 4.32. The first-order chi connectivity index (χ1) is 10.7. The predicted octanol–water partition coefficient (Wildman–Crippen LogP) is 4.07. The predicted molar refractivity (Wildman–Crippen MR) is 98.3 cm³/mol. The van der Waals surface area contributed by atoms with Crippen LogP contribution in [0.15, 0.2) is 47.1 Å². The van der Waals surface area contributed by atoms with Crippen molar-refractivity contribution in [2.24, 2.45) is 0 Å². The van der Waals surface area contributed by atoms with Crippen LogP contribution < -0.4 is 0 Å². The Kier molecular flexibility index (Phi) is 10.8. The van der Waals surface area contributed by atoms with Crippen molar-refractivity contribution < 1.29 is 15.3 Å². The zero-order chi connectivity index (χ0) is 17.9. The topological polar surface area (TPSA) is 60.7 Å². The normalized spacial score (nSPS) is 17.2. The molecule has 0 saturated carbocycles. The van der Waals surface area contributed by atoms with Gasteiger partial charge in [-0.15, -0.1) is 0 Å². The zero-order valence-electron chi connectivity index (χ0n) is 15.3. The van der Waals surface area contributed by atoms with Crippen molar-refractivity contribution in [2.75, 3.05) is 6.61 Å². The highest BCUT2D eigenvalue weighted by atomic mass is 16.3. The van der Waals surface area contributed by atoms with Gasteiger partial charge in [0.15, 0.2) is 0 Å². The molecule has 3 heteroatoms. The Labute approximate surface area is 141 Å². The van der Waals surface area contributed by atoms with E-state index in [1.165, 1.54) is 0 Å². The minimum absolute atomic E-state index is 0.0543. The lowest BCUT2D eigenvalue weighted by molar-refractivity contribution is 0.103. The summed E-state index contributed by atoms with van der Waals surface area (Å²) in [4.78, 5) is 0. The number of aliphatic hydroxyl groups is 3. The number of allylic oxidation sites excluding steroid dienone is 4. The van der Waals surface area contributed by atoms with Gasteiger partial charge in [0.25, 0.3) is 0 Å². The molecule has 0 aliphatic heterocycles. The fourth-order valence-electron chi connectivity index (χ4n) is 2.29. The Hall–Kier alpha value is -1.16. The number of rotatable bonds is 10. The lowest BCUT2D eigenvalue weighted by atomic mass is 9.97. The van der Waals surface area contributed by atoms with E-state index in [0.717, 1.165) is 29.6 Å². The van der Waals surface area contributed by atoms with E-state index < -0.39 is 11.7 Å². The van der Waals surface area contributed by atoms with Gasteiger partial charge < -0.3 is 15.3 Å². The van der Waals surface area contributed by atoms with Gasteiger partial charge in [-0.2, -0.15) is 0 Å². The van der Waals surface area contributed by atoms with Gasteiger partial charge in [-0.1, -0.05) is 47.1 Å². The second-order valence-electron chi connectivity index (χ2n) is 6.80. The molecule has 0 heterocycles. The van der Waals surface area contributed by atoms with E-state index >= 15 is 0 Å². The van der Waals surface area contributed by atoms with Gasteiger partial charge in [-0.25, -0.2) is 0 Å². The molecule has 0 aliphatic carbocycles. The SMILES string of the molecule is CC(C)=CC(O)CC(C)=CCCC(C)(O)C=CCC(C)=CCO. The van der Waals surface area contributed by atoms with E-state index in [9.17, 15) is 10.2 Å². The van der Waals surface area contributed by atoms with Crippen molar-refractivity contribution in [2.45, 2.75) is 72.0 Å². The molecule has 0 spiro atoms. The van der Waals surface area contributed by atoms with Gasteiger partial charge in [-0.05, 0) is 60.3 Å². The molecule has 0 amide bonds. The number of hydrogen-bond donors (Lipinski definition) is 3. The summed E-state index contributed by atoms with van der Waals surface area (Å²) in [7, 11) is 0. The molecule has 2 atom stereocenters. The van der Waals surface area contributed by atoms with Crippen LogP contribution in [0.25, 0.3) is 0 Å². The van der Waals surface area contributed by atoms with Crippen LogP contribution in [0.5, 0.6) is 0 Å². The summed E-state index contributed by atoms with van der Waals surface area (Å²) >= 11 is 0. The van der Waals surface area contributed by atoms with E-state index in [0.29, 0.717) is 12.8 Å². The molecule has 2 unspecified atom stereocenters. The Bertz CT molecular complexity index is 450. The summed E-state index contributed by atoms with van der Waals surface area (Å²) in [5.74, 6) is 0. The standard InChI is InChI=1S/C20H34O3/c1-16(2)14-19(22)15-18(4)9-7-12-20(5,23)11-6-8-17(3)10-13-21/h6,9-11,14,19,21-23H,7-8,12-13,15H2,1-5H3. The first kappa shape index (κ1) is 21.8. The molecule has 0 bridgehead atoms. The van der Waals surface area contributed by atoms with Crippen molar-refractivity contribution in [3.8, 4) is 0 Å². The monoisotopic (exact) mass is 322 g/mol. The zero-order valence-corrected chi connectivity index (χ0v) is 15.3. The largest absolute Gasteiger partial charge is 0.392 e. The second kappa shape index (κ2) is 11.4. The molecule has 0 aromatic carbocycles. The molecular weight excluding hydrogens is 288 g/mol. The first-order valence-corrected chi connectivity index (χ1v) is 8.31. The van der Waals surface area contributed by atoms with E-state index in [1.54, 1.807) is 13.0 Å². The molecule has 0 aromatic rings. The first-order valence-electron chi connectivity index (χ1n) is 8.31. The lowest BCUT2D eigenvalue weighted by Crippen LogP contribution is -2.20. The van der Waals surface area contributed by atoms with Crippen molar-refractivity contribution in [3.63, 3.8) is 0 Å². The molecule has 0 rings (SSSR count). The third-order valence-electron chi connectivity index (χ3n) is 3.56. The fourth-order valence-corrected chi connectivity index (χ4v) is 2.29. The van der Waals surface area contributed by atoms with Crippen LogP contribution in [0.4, 0.5) is 0 Å². The fraction of sp³-hybridized carbons (Fsp3) is 0.600. The maximum atomic E-state index is 10.3. The summed E-state index contributed by atoms with van der Waals surface area (Å²) in [6.07, 6.45) is 11.8. The molecule has 132 valence electrons. The van der Waals surface area contributed by atoms with Crippen LogP contribution >= 0.6 is 0 Å². The lowest BCUT2D eigenvalue weighted by Gasteiger charge is -2.18. The van der Waals surface area contributed by atoms with Gasteiger partial charge in [0.05, 0.1) is 18.3 Å². The quantitative estimate of drug-likeness (QED) is 0.531. The van der Waals surface area contributed by atoms with E-state index in [1.807, 2.05) is 45.9 Å². The van der Waals surface area contributed by atoms with Gasteiger partial charge in [-0.3, -0.25) is 0 Å². The Morgan fingerprint density at radius 1 is 1.09 bits per heavy atom. The van der Waals surface area contributed by atoms with Crippen molar-refractivity contribution in [1.29, 1.82) is 0 Å². The number of aliphatic hydroxyl groups excluding tert-OH is 2. The third kappa shape index (κ3) is 13.0. The van der Waals surface area contributed by atoms with Crippen LogP contribution in [-0.4, -0.2) is 33.6 Å². The van der Waals surface area contributed by atoms with Crippen LogP contribution in [0.3, 0.4) is 0 Å². The van der Waals surface area contributed by atoms with Crippen LogP contribution in [-0.2, 0) is 0 Å². The highest BCUT2D eigenvalue weighted by Gasteiger charge is 2.14. The summed E-state index contributed by atoms with van der Waals surface area (Å²) in [6.45, 7) is 9.77. The van der Waals surface area contributed by atoms with Crippen molar-refractivity contribution in [3.05, 3.63) is 47.1 Å². The maximum absolute atomic E-state index is 10.3. The molecule has 0 radical (unpaired) electrons. The Morgan fingerprint density at radius 2 is 1.74 bits per heavy atom. The molecule has 0 fully saturated rings. The highest BCUT2D eigenvalue weighted by molar-refractivity contribution is 5.10. The number of hydrogen-bond acceptors (Lipinski definition) is 3. The molecule has 0 saturated heterocycles. The van der Waals surface area contributed by atoms with Crippen LogP contribution in [0, 0.1) is 0 Å². The van der Waals surface area contributed by atoms with Gasteiger partial charge in [0, 0.05) is 0 Å². The Morgan fingerprint density at radius 3 is 2.30 bits per heavy atom. The van der Waals surface area contributed by atoms with Crippen molar-refractivity contribution >= 4 is 0 Å². The minimum atomic E-state index is -0.838. The molecular formula is C20H34O3. The van der Waals surface area contributed by atoms with E-state index in [-0.39, 0.29) is 6.61 Å².